The van der Waals surface area contributed by atoms with Crippen LogP contribution >= 0.6 is 0 Å². The number of halogens is 3. The van der Waals surface area contributed by atoms with Crippen molar-refractivity contribution in [2.75, 3.05) is 0 Å². The SMILES string of the molecule is CC1Cc2c(c3ccccc3n(-c3cccc(C(F)(F)F)c3)c2=O)O1. The number of hydrogen-bond donors (Lipinski definition) is 0. The van der Waals surface area contributed by atoms with Crippen LogP contribution in [0.25, 0.3) is 16.6 Å². The lowest BCUT2D eigenvalue weighted by Crippen LogP contribution is -2.22. The molecule has 1 aliphatic heterocycles. The molecule has 0 saturated heterocycles. The Morgan fingerprint density at radius 3 is 2.64 bits per heavy atom. The Morgan fingerprint density at radius 2 is 1.88 bits per heavy atom. The zero-order valence-corrected chi connectivity index (χ0v) is 13.3. The molecule has 0 amide bonds. The highest BCUT2D eigenvalue weighted by atomic mass is 19.4. The van der Waals surface area contributed by atoms with Gasteiger partial charge >= 0.3 is 6.18 Å². The molecule has 0 aliphatic carbocycles. The fraction of sp³-hybridized carbons (Fsp3) is 0.211. The fourth-order valence-electron chi connectivity index (χ4n) is 3.29. The first-order valence-electron chi connectivity index (χ1n) is 7.87. The summed E-state index contributed by atoms with van der Waals surface area (Å²) in [6.45, 7) is 1.86. The topological polar surface area (TPSA) is 31.2 Å². The van der Waals surface area contributed by atoms with E-state index < -0.39 is 11.7 Å². The summed E-state index contributed by atoms with van der Waals surface area (Å²) in [5, 5.41) is 0.721. The molecule has 25 heavy (non-hydrogen) atoms. The fourth-order valence-corrected chi connectivity index (χ4v) is 3.29. The van der Waals surface area contributed by atoms with E-state index in [0.29, 0.717) is 23.3 Å². The molecule has 0 radical (unpaired) electrons. The van der Waals surface area contributed by atoms with E-state index in [-0.39, 0.29) is 17.4 Å². The van der Waals surface area contributed by atoms with Gasteiger partial charge in [-0.1, -0.05) is 18.2 Å². The van der Waals surface area contributed by atoms with Crippen molar-refractivity contribution in [1.82, 2.24) is 4.57 Å². The van der Waals surface area contributed by atoms with Crippen molar-refractivity contribution in [2.24, 2.45) is 0 Å². The third-order valence-corrected chi connectivity index (χ3v) is 4.37. The van der Waals surface area contributed by atoms with E-state index in [4.69, 9.17) is 4.74 Å². The molecule has 0 saturated carbocycles. The van der Waals surface area contributed by atoms with E-state index >= 15 is 0 Å². The molecule has 1 unspecified atom stereocenters. The molecule has 2 heterocycles. The first kappa shape index (κ1) is 15.7. The van der Waals surface area contributed by atoms with Crippen molar-refractivity contribution in [3.8, 4) is 11.4 Å². The number of aromatic nitrogens is 1. The summed E-state index contributed by atoms with van der Waals surface area (Å²) >= 11 is 0. The molecule has 2 aromatic carbocycles. The number of fused-ring (bicyclic) bond motifs is 3. The number of nitrogens with zero attached hydrogens (tertiary/aromatic N) is 1. The number of para-hydroxylation sites is 1. The Balaban J connectivity index is 2.06. The molecule has 0 N–H and O–H groups in total. The van der Waals surface area contributed by atoms with E-state index in [2.05, 4.69) is 0 Å². The summed E-state index contributed by atoms with van der Waals surface area (Å²) < 4.78 is 46.3. The number of pyridine rings is 1. The second kappa shape index (κ2) is 5.37. The lowest BCUT2D eigenvalue weighted by Gasteiger charge is -2.15. The Kier molecular flexibility index (Phi) is 3.39. The van der Waals surface area contributed by atoms with Crippen LogP contribution in [-0.2, 0) is 12.6 Å². The van der Waals surface area contributed by atoms with Crippen LogP contribution in [0.2, 0.25) is 0 Å². The minimum atomic E-state index is -4.47. The number of rotatable bonds is 1. The van der Waals surface area contributed by atoms with Crippen LogP contribution < -0.4 is 10.3 Å². The van der Waals surface area contributed by atoms with Gasteiger partial charge in [0, 0.05) is 17.5 Å². The first-order valence-corrected chi connectivity index (χ1v) is 7.87. The first-order chi connectivity index (χ1) is 11.9. The molecule has 3 aromatic rings. The highest BCUT2D eigenvalue weighted by molar-refractivity contribution is 5.88. The number of hydrogen-bond acceptors (Lipinski definition) is 2. The van der Waals surface area contributed by atoms with Gasteiger partial charge in [-0.05, 0) is 37.3 Å². The Bertz CT molecular complexity index is 1040. The Morgan fingerprint density at radius 1 is 1.12 bits per heavy atom. The lowest BCUT2D eigenvalue weighted by atomic mass is 10.1. The molecule has 128 valence electrons. The summed E-state index contributed by atoms with van der Waals surface area (Å²) in [5.41, 5.74) is 0.102. The van der Waals surface area contributed by atoms with Gasteiger partial charge in [-0.3, -0.25) is 9.36 Å². The van der Waals surface area contributed by atoms with E-state index in [1.165, 1.54) is 16.7 Å². The second-order valence-corrected chi connectivity index (χ2v) is 6.15. The van der Waals surface area contributed by atoms with E-state index in [1.54, 1.807) is 12.1 Å². The van der Waals surface area contributed by atoms with E-state index in [9.17, 15) is 18.0 Å². The molecule has 1 aliphatic rings. The van der Waals surface area contributed by atoms with Gasteiger partial charge in [0.2, 0.25) is 0 Å². The van der Waals surface area contributed by atoms with Crippen molar-refractivity contribution < 1.29 is 17.9 Å². The van der Waals surface area contributed by atoms with Gasteiger partial charge in [0.05, 0.1) is 16.6 Å². The summed E-state index contributed by atoms with van der Waals surface area (Å²) in [6, 6.07) is 11.9. The Labute approximate surface area is 141 Å². The predicted molar refractivity (Wildman–Crippen MR) is 88.3 cm³/mol. The quantitative estimate of drug-likeness (QED) is 0.657. The third kappa shape index (κ3) is 2.49. The average Bonchev–Trinajstić information content (AvgIpc) is 2.97. The van der Waals surface area contributed by atoms with Gasteiger partial charge in [0.15, 0.2) is 0 Å². The number of alkyl halides is 3. The molecule has 0 bridgehead atoms. The van der Waals surface area contributed by atoms with Crippen molar-refractivity contribution in [1.29, 1.82) is 0 Å². The molecular formula is C19H14F3NO2. The van der Waals surface area contributed by atoms with Crippen LogP contribution in [0.4, 0.5) is 13.2 Å². The van der Waals surface area contributed by atoms with Crippen LogP contribution in [0.5, 0.6) is 5.75 Å². The standard InChI is InChI=1S/C19H14F3NO2/c1-11-9-15-17(25-11)14-7-2-3-8-16(14)23(18(15)24)13-6-4-5-12(10-13)19(20,21)22/h2-8,10-11H,9H2,1H3. The van der Waals surface area contributed by atoms with Crippen molar-refractivity contribution in [3.05, 3.63) is 70.0 Å². The number of ether oxygens (including phenoxy) is 1. The highest BCUT2D eigenvalue weighted by Crippen LogP contribution is 2.36. The maximum atomic E-state index is 13.1. The van der Waals surface area contributed by atoms with Crippen LogP contribution in [0, 0.1) is 0 Å². The zero-order valence-electron chi connectivity index (χ0n) is 13.3. The van der Waals surface area contributed by atoms with E-state index in [1.807, 2.05) is 19.1 Å². The van der Waals surface area contributed by atoms with Gasteiger partial charge in [-0.25, -0.2) is 0 Å². The zero-order chi connectivity index (χ0) is 17.8. The lowest BCUT2D eigenvalue weighted by molar-refractivity contribution is -0.137. The molecule has 6 heteroatoms. The maximum absolute atomic E-state index is 13.1. The molecule has 0 spiro atoms. The van der Waals surface area contributed by atoms with Crippen LogP contribution in [0.15, 0.2) is 53.3 Å². The monoisotopic (exact) mass is 345 g/mol. The van der Waals surface area contributed by atoms with Gasteiger partial charge in [0.1, 0.15) is 11.9 Å². The largest absolute Gasteiger partial charge is 0.489 e. The third-order valence-electron chi connectivity index (χ3n) is 4.37. The minimum Gasteiger partial charge on any atom is -0.489 e. The van der Waals surface area contributed by atoms with Crippen molar-refractivity contribution in [2.45, 2.75) is 25.6 Å². The summed E-state index contributed by atoms with van der Waals surface area (Å²) in [4.78, 5) is 13.0. The molecule has 1 atom stereocenters. The van der Waals surface area contributed by atoms with Gasteiger partial charge in [0.25, 0.3) is 5.56 Å². The summed E-state index contributed by atoms with van der Waals surface area (Å²) in [6.07, 6.45) is -4.16. The van der Waals surface area contributed by atoms with Gasteiger partial charge in [-0.15, -0.1) is 0 Å². The average molecular weight is 345 g/mol. The molecule has 3 nitrogen and oxygen atoms in total. The summed E-state index contributed by atoms with van der Waals surface area (Å²) in [5.74, 6) is 0.538. The van der Waals surface area contributed by atoms with Crippen molar-refractivity contribution >= 4 is 10.9 Å². The van der Waals surface area contributed by atoms with Crippen LogP contribution in [0.1, 0.15) is 18.1 Å². The molecule has 4 rings (SSSR count). The predicted octanol–water partition coefficient (Wildman–Crippen LogP) is 4.33. The normalized spacial score (nSPS) is 16.7. The highest BCUT2D eigenvalue weighted by Gasteiger charge is 2.31. The Hall–Kier alpha value is -2.76. The van der Waals surface area contributed by atoms with Gasteiger partial charge in [-0.2, -0.15) is 13.2 Å². The molecule has 0 fully saturated rings. The maximum Gasteiger partial charge on any atom is 0.416 e. The van der Waals surface area contributed by atoms with E-state index in [0.717, 1.165) is 17.5 Å². The molecular weight excluding hydrogens is 331 g/mol. The smallest absolute Gasteiger partial charge is 0.416 e. The van der Waals surface area contributed by atoms with Crippen LogP contribution in [0.3, 0.4) is 0 Å². The van der Waals surface area contributed by atoms with Gasteiger partial charge < -0.3 is 4.74 Å². The van der Waals surface area contributed by atoms with Crippen molar-refractivity contribution in [3.63, 3.8) is 0 Å². The van der Waals surface area contributed by atoms with Crippen LogP contribution in [-0.4, -0.2) is 10.7 Å². The minimum absolute atomic E-state index is 0.136. The number of benzene rings is 2. The summed E-state index contributed by atoms with van der Waals surface area (Å²) in [7, 11) is 0. The second-order valence-electron chi connectivity index (χ2n) is 6.15. The molecule has 1 aromatic heterocycles.